The molecular formula is C14H17N5OS2. The fourth-order valence-corrected chi connectivity index (χ4v) is 3.11. The van der Waals surface area contributed by atoms with E-state index in [-0.39, 0.29) is 5.91 Å². The lowest BCUT2D eigenvalue weighted by Crippen LogP contribution is -2.38. The number of thiophene rings is 1. The van der Waals surface area contributed by atoms with Crippen LogP contribution in [-0.4, -0.2) is 26.7 Å². The molecule has 0 unspecified atom stereocenters. The van der Waals surface area contributed by atoms with Crippen molar-refractivity contribution in [3.63, 3.8) is 0 Å². The molecule has 0 spiro atoms. The number of nitrogens with zero attached hydrogens (tertiary/aromatic N) is 3. The standard InChI is InChI=1S/C14H17N5OS2/c1-3-5-10(8-15)16-13(20)9(2)19-12(17-18-14(19)21)11-6-4-7-22-11/h4,6-7,9-10H,3,5H2,1-2H3,(H,16,20)(H,18,21)/t9-,10-/m0/s1. The maximum atomic E-state index is 12.4. The van der Waals surface area contributed by atoms with Crippen LogP contribution in [-0.2, 0) is 4.79 Å². The van der Waals surface area contributed by atoms with Gasteiger partial charge in [0.25, 0.3) is 0 Å². The summed E-state index contributed by atoms with van der Waals surface area (Å²) in [5, 5.41) is 20.7. The van der Waals surface area contributed by atoms with Gasteiger partial charge in [-0.3, -0.25) is 14.5 Å². The molecule has 2 atom stereocenters. The Bertz CT molecular complexity index is 725. The lowest BCUT2D eigenvalue weighted by Gasteiger charge is -2.17. The summed E-state index contributed by atoms with van der Waals surface area (Å²) in [6, 6.07) is 4.92. The van der Waals surface area contributed by atoms with Crippen molar-refractivity contribution in [2.75, 3.05) is 0 Å². The molecule has 0 aliphatic rings. The zero-order chi connectivity index (χ0) is 16.1. The van der Waals surface area contributed by atoms with Gasteiger partial charge in [0.1, 0.15) is 12.1 Å². The number of hydrogen-bond donors (Lipinski definition) is 2. The van der Waals surface area contributed by atoms with Crippen molar-refractivity contribution in [2.24, 2.45) is 0 Å². The Labute approximate surface area is 137 Å². The monoisotopic (exact) mass is 335 g/mol. The molecule has 0 fully saturated rings. The van der Waals surface area contributed by atoms with Crippen LogP contribution in [0.15, 0.2) is 17.5 Å². The summed E-state index contributed by atoms with van der Waals surface area (Å²) >= 11 is 6.77. The minimum Gasteiger partial charge on any atom is -0.339 e. The molecule has 0 aliphatic heterocycles. The number of aromatic nitrogens is 3. The van der Waals surface area contributed by atoms with E-state index in [2.05, 4.69) is 21.6 Å². The predicted molar refractivity (Wildman–Crippen MR) is 87.9 cm³/mol. The minimum atomic E-state index is -0.545. The van der Waals surface area contributed by atoms with E-state index >= 15 is 0 Å². The number of nitriles is 1. The number of H-pyrrole nitrogens is 1. The molecule has 2 N–H and O–H groups in total. The fourth-order valence-electron chi connectivity index (χ4n) is 2.11. The van der Waals surface area contributed by atoms with Crippen LogP contribution in [0.2, 0.25) is 0 Å². The molecule has 22 heavy (non-hydrogen) atoms. The number of rotatable bonds is 6. The third-order valence-corrected chi connectivity index (χ3v) is 4.42. The van der Waals surface area contributed by atoms with Gasteiger partial charge in [-0.05, 0) is 37.0 Å². The largest absolute Gasteiger partial charge is 0.339 e. The number of amides is 1. The van der Waals surface area contributed by atoms with E-state index in [9.17, 15) is 4.79 Å². The molecule has 2 aromatic heterocycles. The average Bonchev–Trinajstić information content (AvgIpc) is 3.14. The van der Waals surface area contributed by atoms with Crippen LogP contribution in [0, 0.1) is 16.1 Å². The Balaban J connectivity index is 2.25. The topological polar surface area (TPSA) is 86.5 Å². The molecule has 0 saturated heterocycles. The molecule has 116 valence electrons. The van der Waals surface area contributed by atoms with Gasteiger partial charge in [-0.2, -0.15) is 10.4 Å². The number of carbonyl (C=O) groups is 1. The Morgan fingerprint density at radius 1 is 1.68 bits per heavy atom. The van der Waals surface area contributed by atoms with Gasteiger partial charge >= 0.3 is 0 Å². The highest BCUT2D eigenvalue weighted by Crippen LogP contribution is 2.25. The third-order valence-electron chi connectivity index (χ3n) is 3.26. The van der Waals surface area contributed by atoms with Crippen molar-refractivity contribution < 1.29 is 4.79 Å². The number of hydrogen-bond acceptors (Lipinski definition) is 5. The van der Waals surface area contributed by atoms with E-state index < -0.39 is 12.1 Å². The fraction of sp³-hybridized carbons (Fsp3) is 0.429. The van der Waals surface area contributed by atoms with E-state index in [1.807, 2.05) is 24.4 Å². The van der Waals surface area contributed by atoms with Gasteiger partial charge in [0.05, 0.1) is 10.9 Å². The maximum absolute atomic E-state index is 12.4. The van der Waals surface area contributed by atoms with Crippen LogP contribution < -0.4 is 5.32 Å². The van der Waals surface area contributed by atoms with Gasteiger partial charge in [0.2, 0.25) is 5.91 Å². The highest BCUT2D eigenvalue weighted by molar-refractivity contribution is 7.71. The lowest BCUT2D eigenvalue weighted by atomic mass is 10.1. The van der Waals surface area contributed by atoms with Crippen molar-refractivity contribution in [3.05, 3.63) is 22.3 Å². The summed E-state index contributed by atoms with van der Waals surface area (Å²) in [6.07, 6.45) is 1.46. The van der Waals surface area contributed by atoms with Crippen LogP contribution in [0.5, 0.6) is 0 Å². The Morgan fingerprint density at radius 2 is 2.45 bits per heavy atom. The van der Waals surface area contributed by atoms with Crippen LogP contribution >= 0.6 is 23.6 Å². The first-order valence-corrected chi connectivity index (χ1v) is 8.28. The van der Waals surface area contributed by atoms with Gasteiger partial charge in [-0.25, -0.2) is 0 Å². The molecule has 0 radical (unpaired) electrons. The Morgan fingerprint density at radius 3 is 3.05 bits per heavy atom. The van der Waals surface area contributed by atoms with Gasteiger partial charge in [-0.15, -0.1) is 11.3 Å². The van der Waals surface area contributed by atoms with Gasteiger partial charge in [0.15, 0.2) is 10.6 Å². The first kappa shape index (κ1) is 16.4. The lowest BCUT2D eigenvalue weighted by molar-refractivity contribution is -0.124. The first-order chi connectivity index (χ1) is 10.6. The summed E-state index contributed by atoms with van der Waals surface area (Å²) in [7, 11) is 0. The predicted octanol–water partition coefficient (Wildman–Crippen LogP) is 3.04. The van der Waals surface area contributed by atoms with Crippen molar-refractivity contribution >= 4 is 29.5 Å². The molecular weight excluding hydrogens is 318 g/mol. The van der Waals surface area contributed by atoms with E-state index in [0.717, 1.165) is 11.3 Å². The Kier molecular flexibility index (Phi) is 5.46. The first-order valence-electron chi connectivity index (χ1n) is 6.99. The number of nitrogens with one attached hydrogen (secondary N) is 2. The third kappa shape index (κ3) is 3.43. The number of carbonyl (C=O) groups excluding carboxylic acids is 1. The van der Waals surface area contributed by atoms with Crippen molar-refractivity contribution in [2.45, 2.75) is 38.8 Å². The summed E-state index contributed by atoms with van der Waals surface area (Å²) in [4.78, 5) is 13.3. The molecule has 0 aromatic carbocycles. The zero-order valence-electron chi connectivity index (χ0n) is 12.4. The molecule has 0 saturated carbocycles. The van der Waals surface area contributed by atoms with E-state index in [0.29, 0.717) is 17.0 Å². The SMILES string of the molecule is CCC[C@@H](C#N)NC(=O)[C@H](C)n1c(-c2cccs2)n[nH]c1=S. The molecule has 8 heteroatoms. The Hall–Kier alpha value is -1.98. The van der Waals surface area contributed by atoms with Gasteiger partial charge < -0.3 is 5.32 Å². The highest BCUT2D eigenvalue weighted by atomic mass is 32.1. The van der Waals surface area contributed by atoms with Crippen LogP contribution in [0.3, 0.4) is 0 Å². The molecule has 2 aromatic rings. The van der Waals surface area contributed by atoms with E-state index in [1.54, 1.807) is 11.5 Å². The summed E-state index contributed by atoms with van der Waals surface area (Å²) in [5.41, 5.74) is 0. The maximum Gasteiger partial charge on any atom is 0.243 e. The molecule has 1 amide bonds. The normalized spacial score (nSPS) is 13.3. The van der Waals surface area contributed by atoms with Gasteiger partial charge in [0, 0.05) is 0 Å². The van der Waals surface area contributed by atoms with Crippen molar-refractivity contribution in [3.8, 4) is 16.8 Å². The van der Waals surface area contributed by atoms with Crippen LogP contribution in [0.4, 0.5) is 0 Å². The second-order valence-electron chi connectivity index (χ2n) is 4.85. The number of aromatic amines is 1. The van der Waals surface area contributed by atoms with Crippen molar-refractivity contribution in [1.82, 2.24) is 20.1 Å². The molecule has 0 aliphatic carbocycles. The molecule has 6 nitrogen and oxygen atoms in total. The minimum absolute atomic E-state index is 0.240. The average molecular weight is 335 g/mol. The molecule has 2 heterocycles. The highest BCUT2D eigenvalue weighted by Gasteiger charge is 2.23. The second kappa shape index (κ2) is 7.33. The molecule has 0 bridgehead atoms. The summed E-state index contributed by atoms with van der Waals surface area (Å²) in [6.45, 7) is 3.72. The van der Waals surface area contributed by atoms with E-state index in [1.165, 1.54) is 11.3 Å². The quantitative estimate of drug-likeness (QED) is 0.794. The summed E-state index contributed by atoms with van der Waals surface area (Å²) < 4.78 is 2.06. The van der Waals surface area contributed by atoms with E-state index in [4.69, 9.17) is 17.5 Å². The smallest absolute Gasteiger partial charge is 0.243 e. The van der Waals surface area contributed by atoms with Crippen LogP contribution in [0.25, 0.3) is 10.7 Å². The summed E-state index contributed by atoms with van der Waals surface area (Å²) in [5.74, 6) is 0.391. The molecule has 2 rings (SSSR count). The van der Waals surface area contributed by atoms with Gasteiger partial charge in [-0.1, -0.05) is 19.4 Å². The zero-order valence-corrected chi connectivity index (χ0v) is 14.0. The second-order valence-corrected chi connectivity index (χ2v) is 6.19. The van der Waals surface area contributed by atoms with Crippen LogP contribution in [0.1, 0.15) is 32.7 Å². The van der Waals surface area contributed by atoms with Crippen molar-refractivity contribution in [1.29, 1.82) is 5.26 Å².